The van der Waals surface area contributed by atoms with Crippen LogP contribution in [0.15, 0.2) is 39.6 Å². The molecule has 0 spiro atoms. The van der Waals surface area contributed by atoms with Gasteiger partial charge in [0, 0.05) is 24.2 Å². The van der Waals surface area contributed by atoms with Gasteiger partial charge >= 0.3 is 0 Å². The molecule has 0 aliphatic heterocycles. The summed E-state index contributed by atoms with van der Waals surface area (Å²) < 4.78 is 13.3. The van der Waals surface area contributed by atoms with Crippen LogP contribution in [0.2, 0.25) is 5.02 Å². The van der Waals surface area contributed by atoms with E-state index in [-0.39, 0.29) is 0 Å². The van der Waals surface area contributed by atoms with Gasteiger partial charge in [0.1, 0.15) is 5.75 Å². The Bertz CT molecular complexity index is 787. The first kappa shape index (κ1) is 15.1. The van der Waals surface area contributed by atoms with Crippen molar-refractivity contribution in [2.24, 2.45) is 0 Å². The standard InChI is InChI=1S/C14H12BrClN4O2/c1-21-12-3-2-10(16)6-11(12)14-18-13(22-19-14)4-5-20-8-9(15)7-17-20/h2-3,6-8H,4-5H2,1H3. The summed E-state index contributed by atoms with van der Waals surface area (Å²) in [5.74, 6) is 1.63. The Morgan fingerprint density at radius 1 is 1.41 bits per heavy atom. The van der Waals surface area contributed by atoms with Crippen molar-refractivity contribution in [3.63, 3.8) is 0 Å². The topological polar surface area (TPSA) is 66.0 Å². The maximum absolute atomic E-state index is 6.02. The minimum absolute atomic E-state index is 0.455. The smallest absolute Gasteiger partial charge is 0.228 e. The van der Waals surface area contributed by atoms with Crippen LogP contribution < -0.4 is 4.74 Å². The van der Waals surface area contributed by atoms with Crippen molar-refractivity contribution in [1.82, 2.24) is 19.9 Å². The van der Waals surface area contributed by atoms with Crippen LogP contribution in [0.4, 0.5) is 0 Å². The number of hydrogen-bond acceptors (Lipinski definition) is 5. The van der Waals surface area contributed by atoms with Crippen molar-refractivity contribution in [3.8, 4) is 17.1 Å². The van der Waals surface area contributed by atoms with Gasteiger partial charge in [-0.25, -0.2) is 0 Å². The second-order valence-corrected chi connectivity index (χ2v) is 5.88. The molecule has 0 saturated heterocycles. The molecule has 2 heterocycles. The number of benzene rings is 1. The van der Waals surface area contributed by atoms with Crippen LogP contribution in [0.1, 0.15) is 5.89 Å². The summed E-state index contributed by atoms with van der Waals surface area (Å²) in [6.45, 7) is 0.653. The van der Waals surface area contributed by atoms with E-state index in [9.17, 15) is 0 Å². The average molecular weight is 384 g/mol. The van der Waals surface area contributed by atoms with Gasteiger partial charge in [-0.2, -0.15) is 10.1 Å². The third kappa shape index (κ3) is 3.31. The van der Waals surface area contributed by atoms with Crippen LogP contribution in [-0.4, -0.2) is 27.0 Å². The molecule has 0 radical (unpaired) electrons. The van der Waals surface area contributed by atoms with Crippen molar-refractivity contribution in [3.05, 3.63) is 46.0 Å². The summed E-state index contributed by atoms with van der Waals surface area (Å²) in [5, 5.41) is 8.75. The number of methoxy groups -OCH3 is 1. The van der Waals surface area contributed by atoms with Gasteiger partial charge in [-0.15, -0.1) is 0 Å². The van der Waals surface area contributed by atoms with E-state index in [0.29, 0.717) is 41.0 Å². The monoisotopic (exact) mass is 382 g/mol. The maximum atomic E-state index is 6.02. The lowest BCUT2D eigenvalue weighted by atomic mass is 10.2. The van der Waals surface area contributed by atoms with E-state index >= 15 is 0 Å². The summed E-state index contributed by atoms with van der Waals surface area (Å²) in [6, 6.07) is 5.27. The van der Waals surface area contributed by atoms with Crippen molar-refractivity contribution < 1.29 is 9.26 Å². The molecule has 0 bridgehead atoms. The summed E-state index contributed by atoms with van der Waals surface area (Å²) in [7, 11) is 1.59. The highest BCUT2D eigenvalue weighted by Gasteiger charge is 2.14. The first-order valence-corrected chi connectivity index (χ1v) is 7.67. The van der Waals surface area contributed by atoms with E-state index in [1.54, 1.807) is 36.2 Å². The lowest BCUT2D eigenvalue weighted by Crippen LogP contribution is -2.01. The molecule has 0 aliphatic carbocycles. The Hall–Kier alpha value is -1.86. The fourth-order valence-electron chi connectivity index (χ4n) is 1.99. The highest BCUT2D eigenvalue weighted by Crippen LogP contribution is 2.30. The number of rotatable bonds is 5. The Morgan fingerprint density at radius 2 is 2.27 bits per heavy atom. The van der Waals surface area contributed by atoms with Crippen LogP contribution in [-0.2, 0) is 13.0 Å². The zero-order valence-corrected chi connectivity index (χ0v) is 14.0. The average Bonchev–Trinajstić information content (AvgIpc) is 3.14. The Balaban J connectivity index is 1.77. The molecule has 1 aromatic carbocycles. The summed E-state index contributed by atoms with van der Waals surface area (Å²) in [6.07, 6.45) is 4.21. The Morgan fingerprint density at radius 3 is 3.00 bits per heavy atom. The first-order chi connectivity index (χ1) is 10.7. The second kappa shape index (κ2) is 6.50. The normalized spacial score (nSPS) is 10.9. The number of hydrogen-bond donors (Lipinski definition) is 0. The van der Waals surface area contributed by atoms with Crippen molar-refractivity contribution >= 4 is 27.5 Å². The minimum Gasteiger partial charge on any atom is -0.496 e. The van der Waals surface area contributed by atoms with Gasteiger partial charge in [0.05, 0.1) is 23.3 Å². The van der Waals surface area contributed by atoms with E-state index in [1.807, 2.05) is 6.20 Å². The van der Waals surface area contributed by atoms with Crippen LogP contribution in [0.5, 0.6) is 5.75 Å². The molecule has 22 heavy (non-hydrogen) atoms. The first-order valence-electron chi connectivity index (χ1n) is 6.50. The fourth-order valence-corrected chi connectivity index (χ4v) is 2.49. The lowest BCUT2D eigenvalue weighted by molar-refractivity contribution is 0.369. The summed E-state index contributed by atoms with van der Waals surface area (Å²) in [4.78, 5) is 4.38. The number of halogens is 2. The number of aromatic nitrogens is 4. The van der Waals surface area contributed by atoms with E-state index < -0.39 is 0 Å². The van der Waals surface area contributed by atoms with Gasteiger partial charge in [-0.3, -0.25) is 4.68 Å². The van der Waals surface area contributed by atoms with Gasteiger partial charge in [0.15, 0.2) is 0 Å². The molecule has 0 amide bonds. The molecular weight excluding hydrogens is 372 g/mol. The zero-order chi connectivity index (χ0) is 15.5. The molecule has 6 nitrogen and oxygen atoms in total. The number of ether oxygens (including phenoxy) is 1. The van der Waals surface area contributed by atoms with E-state index in [2.05, 4.69) is 31.2 Å². The van der Waals surface area contributed by atoms with E-state index in [4.69, 9.17) is 20.9 Å². The van der Waals surface area contributed by atoms with E-state index in [0.717, 1.165) is 4.47 Å². The molecule has 0 saturated carbocycles. The molecule has 2 aromatic heterocycles. The van der Waals surface area contributed by atoms with Crippen LogP contribution in [0.3, 0.4) is 0 Å². The number of aryl methyl sites for hydroxylation is 2. The molecule has 0 aliphatic rings. The minimum atomic E-state index is 0.455. The highest BCUT2D eigenvalue weighted by molar-refractivity contribution is 9.10. The van der Waals surface area contributed by atoms with Crippen molar-refractivity contribution in [2.75, 3.05) is 7.11 Å². The quantitative estimate of drug-likeness (QED) is 0.673. The molecule has 0 unspecified atom stereocenters. The molecule has 0 N–H and O–H groups in total. The highest BCUT2D eigenvalue weighted by atomic mass is 79.9. The van der Waals surface area contributed by atoms with Crippen molar-refractivity contribution in [2.45, 2.75) is 13.0 Å². The molecular formula is C14H12BrClN4O2. The molecule has 0 fully saturated rings. The third-order valence-electron chi connectivity index (χ3n) is 3.03. The zero-order valence-electron chi connectivity index (χ0n) is 11.7. The van der Waals surface area contributed by atoms with Crippen LogP contribution in [0, 0.1) is 0 Å². The predicted molar refractivity (Wildman–Crippen MR) is 84.9 cm³/mol. The fraction of sp³-hybridized carbons (Fsp3) is 0.214. The van der Waals surface area contributed by atoms with Gasteiger partial charge in [-0.05, 0) is 34.1 Å². The lowest BCUT2D eigenvalue weighted by Gasteiger charge is -2.04. The van der Waals surface area contributed by atoms with Gasteiger partial charge in [0.25, 0.3) is 0 Å². The molecule has 3 rings (SSSR count). The Labute approximate surface area is 140 Å². The molecule has 8 heteroatoms. The van der Waals surface area contributed by atoms with Gasteiger partial charge in [0.2, 0.25) is 11.7 Å². The van der Waals surface area contributed by atoms with Crippen molar-refractivity contribution in [1.29, 1.82) is 0 Å². The molecule has 114 valence electrons. The molecule has 0 atom stereocenters. The van der Waals surface area contributed by atoms with Gasteiger partial charge in [-0.1, -0.05) is 16.8 Å². The van der Waals surface area contributed by atoms with Gasteiger partial charge < -0.3 is 9.26 Å². The molecule has 3 aromatic rings. The SMILES string of the molecule is COc1ccc(Cl)cc1-c1noc(CCn2cc(Br)cn2)n1. The summed E-state index contributed by atoms with van der Waals surface area (Å²) >= 11 is 9.37. The third-order valence-corrected chi connectivity index (χ3v) is 3.67. The summed E-state index contributed by atoms with van der Waals surface area (Å²) in [5.41, 5.74) is 0.701. The van der Waals surface area contributed by atoms with E-state index in [1.165, 1.54) is 0 Å². The van der Waals surface area contributed by atoms with Crippen LogP contribution >= 0.6 is 27.5 Å². The second-order valence-electron chi connectivity index (χ2n) is 4.53. The largest absolute Gasteiger partial charge is 0.496 e. The maximum Gasteiger partial charge on any atom is 0.228 e. The predicted octanol–water partition coefficient (Wildman–Crippen LogP) is 3.60. The number of nitrogens with zero attached hydrogens (tertiary/aromatic N) is 4. The Kier molecular flexibility index (Phi) is 4.44. The van der Waals surface area contributed by atoms with Crippen LogP contribution in [0.25, 0.3) is 11.4 Å².